The van der Waals surface area contributed by atoms with Gasteiger partial charge in [-0.1, -0.05) is 30.3 Å². The molecule has 4 heterocycles. The molecule has 1 fully saturated rings. The second-order valence-electron chi connectivity index (χ2n) is 7.62. The molecule has 2 atom stereocenters. The van der Waals surface area contributed by atoms with Gasteiger partial charge in [-0.2, -0.15) is 0 Å². The Morgan fingerprint density at radius 2 is 2.07 bits per heavy atom. The van der Waals surface area contributed by atoms with Crippen molar-refractivity contribution in [1.29, 1.82) is 0 Å². The minimum Gasteiger partial charge on any atom is -0.450 e. The van der Waals surface area contributed by atoms with Crippen LogP contribution in [0, 0.1) is 13.8 Å². The van der Waals surface area contributed by atoms with Gasteiger partial charge in [0.05, 0.1) is 11.7 Å². The molecule has 2 aliphatic heterocycles. The Morgan fingerprint density at radius 3 is 2.72 bits per heavy atom. The van der Waals surface area contributed by atoms with Crippen molar-refractivity contribution in [3.05, 3.63) is 70.7 Å². The fourth-order valence-electron chi connectivity index (χ4n) is 4.24. The molecule has 1 saturated heterocycles. The summed E-state index contributed by atoms with van der Waals surface area (Å²) in [6.45, 7) is 4.82. The van der Waals surface area contributed by atoms with E-state index in [2.05, 4.69) is 10.6 Å². The number of pyridine rings is 1. The summed E-state index contributed by atoms with van der Waals surface area (Å²) in [7, 11) is 1.64. The molecule has 2 aliphatic rings. The highest BCUT2D eigenvalue weighted by Crippen LogP contribution is 2.45. The number of hydrogen-bond donors (Lipinski definition) is 0. The van der Waals surface area contributed by atoms with Gasteiger partial charge in [-0.05, 0) is 32.4 Å². The van der Waals surface area contributed by atoms with E-state index in [1.807, 2.05) is 61.2 Å². The summed E-state index contributed by atoms with van der Waals surface area (Å²) in [5, 5.41) is 0. The number of nitrogens with zero attached hydrogens (tertiary/aromatic N) is 3. The van der Waals surface area contributed by atoms with E-state index >= 15 is 0 Å². The van der Waals surface area contributed by atoms with Crippen LogP contribution in [0.15, 0.2) is 42.6 Å². The number of imidazole rings is 1. The molecule has 3 aromatic rings. The van der Waals surface area contributed by atoms with E-state index in [-0.39, 0.29) is 6.04 Å². The van der Waals surface area contributed by atoms with E-state index in [0.29, 0.717) is 5.75 Å². The third kappa shape index (κ3) is 2.52. The number of benzene rings is 1. The number of likely N-dealkylation sites (tertiary alicyclic amines) is 1. The summed E-state index contributed by atoms with van der Waals surface area (Å²) in [6.07, 6.45) is 7.95. The molecule has 0 bridgehead atoms. The van der Waals surface area contributed by atoms with E-state index in [0.717, 1.165) is 53.1 Å². The molecular weight excluding hydrogens is 366 g/mol. The molecule has 0 spiro atoms. The Morgan fingerprint density at radius 1 is 1.28 bits per heavy atom. The number of amides is 1. The standard InChI is InChI=1S/C23H23N3O3/c1-15-16(2)26-13-19(20-10-12-25(20)14-27)18-9-11-23(28-3,17-7-5-4-6-8-17)29-21(18)22(26)24-15/h4-9,11,13-14,20H,10,12H2,1-3H3. The lowest BCUT2D eigenvalue weighted by Crippen LogP contribution is -2.41. The SMILES string of the molecule is COC1(c2ccccc2)C=Cc2c(C3CCN3C=O)cn3c(C)c(C)nc3c2O1. The van der Waals surface area contributed by atoms with Crippen molar-refractivity contribution in [2.45, 2.75) is 32.1 Å². The first-order valence-electron chi connectivity index (χ1n) is 9.80. The van der Waals surface area contributed by atoms with Crippen molar-refractivity contribution >= 4 is 18.1 Å². The number of aryl methyl sites for hydroxylation is 2. The molecule has 0 radical (unpaired) electrons. The minimum absolute atomic E-state index is 0.0489. The van der Waals surface area contributed by atoms with E-state index in [9.17, 15) is 4.79 Å². The highest BCUT2D eigenvalue weighted by atomic mass is 16.7. The van der Waals surface area contributed by atoms with Crippen LogP contribution in [-0.4, -0.2) is 34.3 Å². The third-order valence-electron chi connectivity index (χ3n) is 6.17. The number of ether oxygens (including phenoxy) is 2. The monoisotopic (exact) mass is 389 g/mol. The summed E-state index contributed by atoms with van der Waals surface area (Å²) in [4.78, 5) is 18.0. The lowest BCUT2D eigenvalue weighted by molar-refractivity contribution is -0.133. The zero-order valence-electron chi connectivity index (χ0n) is 16.8. The molecule has 5 rings (SSSR count). The average molecular weight is 389 g/mol. The molecule has 2 aromatic heterocycles. The smallest absolute Gasteiger partial charge is 0.257 e. The Bertz CT molecular complexity index is 1140. The van der Waals surface area contributed by atoms with Crippen molar-refractivity contribution in [3.8, 4) is 5.75 Å². The molecule has 1 aromatic carbocycles. The van der Waals surface area contributed by atoms with Crippen molar-refractivity contribution in [1.82, 2.24) is 14.3 Å². The van der Waals surface area contributed by atoms with Crippen molar-refractivity contribution < 1.29 is 14.3 Å². The maximum Gasteiger partial charge on any atom is 0.257 e. The second kappa shape index (κ2) is 6.46. The molecule has 29 heavy (non-hydrogen) atoms. The molecule has 0 N–H and O–H groups in total. The van der Waals surface area contributed by atoms with Gasteiger partial charge in [0.2, 0.25) is 6.41 Å². The van der Waals surface area contributed by atoms with Gasteiger partial charge in [0.25, 0.3) is 5.79 Å². The number of carbonyl (C=O) groups excluding carboxylic acids is 1. The lowest BCUT2D eigenvalue weighted by atomic mass is 9.90. The van der Waals surface area contributed by atoms with Crippen molar-refractivity contribution in [2.75, 3.05) is 13.7 Å². The maximum atomic E-state index is 11.4. The average Bonchev–Trinajstić information content (AvgIpc) is 3.02. The third-order valence-corrected chi connectivity index (χ3v) is 6.17. The van der Waals surface area contributed by atoms with Gasteiger partial charge in [0, 0.05) is 42.2 Å². The first kappa shape index (κ1) is 17.9. The van der Waals surface area contributed by atoms with E-state index in [1.54, 1.807) is 7.11 Å². The van der Waals surface area contributed by atoms with Crippen LogP contribution in [0.25, 0.3) is 11.7 Å². The fraction of sp³-hybridized carbons (Fsp3) is 0.304. The molecule has 0 aliphatic carbocycles. The quantitative estimate of drug-likeness (QED) is 0.638. The van der Waals surface area contributed by atoms with Gasteiger partial charge in [0.15, 0.2) is 11.4 Å². The lowest BCUT2D eigenvalue weighted by Gasteiger charge is -2.41. The van der Waals surface area contributed by atoms with Crippen LogP contribution in [0.2, 0.25) is 0 Å². The predicted molar refractivity (Wildman–Crippen MR) is 110 cm³/mol. The van der Waals surface area contributed by atoms with Crippen LogP contribution in [0.3, 0.4) is 0 Å². The Hall–Kier alpha value is -3.12. The molecule has 0 saturated carbocycles. The number of rotatable bonds is 4. The zero-order valence-corrected chi connectivity index (χ0v) is 16.8. The maximum absolute atomic E-state index is 11.4. The van der Waals surface area contributed by atoms with E-state index < -0.39 is 5.79 Å². The normalized spacial score (nSPS) is 22.9. The van der Waals surface area contributed by atoms with Crippen LogP contribution >= 0.6 is 0 Å². The van der Waals surface area contributed by atoms with Gasteiger partial charge in [-0.25, -0.2) is 4.98 Å². The van der Waals surface area contributed by atoms with Gasteiger partial charge in [0.1, 0.15) is 0 Å². The first-order valence-corrected chi connectivity index (χ1v) is 9.80. The van der Waals surface area contributed by atoms with E-state index in [4.69, 9.17) is 14.5 Å². The highest BCUT2D eigenvalue weighted by Gasteiger charge is 2.39. The van der Waals surface area contributed by atoms with Crippen LogP contribution in [0.1, 0.15) is 40.5 Å². The number of carbonyl (C=O) groups is 1. The van der Waals surface area contributed by atoms with Crippen molar-refractivity contribution in [3.63, 3.8) is 0 Å². The largest absolute Gasteiger partial charge is 0.450 e. The summed E-state index contributed by atoms with van der Waals surface area (Å²) < 4.78 is 14.5. The summed E-state index contributed by atoms with van der Waals surface area (Å²) in [6, 6.07) is 9.93. The van der Waals surface area contributed by atoms with Crippen LogP contribution in [-0.2, 0) is 15.3 Å². The zero-order chi connectivity index (χ0) is 20.2. The summed E-state index contributed by atoms with van der Waals surface area (Å²) in [5.41, 5.74) is 5.71. The van der Waals surface area contributed by atoms with Crippen LogP contribution in [0.5, 0.6) is 5.75 Å². The number of methoxy groups -OCH3 is 1. The Kier molecular flexibility index (Phi) is 3.99. The molecule has 1 amide bonds. The first-order chi connectivity index (χ1) is 14.1. The molecule has 6 heteroatoms. The van der Waals surface area contributed by atoms with Gasteiger partial charge >= 0.3 is 0 Å². The van der Waals surface area contributed by atoms with Crippen LogP contribution < -0.4 is 4.74 Å². The Balaban J connectivity index is 1.74. The Labute approximate surface area is 169 Å². The van der Waals surface area contributed by atoms with Crippen LogP contribution in [0.4, 0.5) is 0 Å². The number of fused-ring (bicyclic) bond motifs is 3. The topological polar surface area (TPSA) is 56.1 Å². The summed E-state index contributed by atoms with van der Waals surface area (Å²) >= 11 is 0. The molecule has 148 valence electrons. The minimum atomic E-state index is -1.02. The van der Waals surface area contributed by atoms with E-state index in [1.165, 1.54) is 0 Å². The highest BCUT2D eigenvalue weighted by molar-refractivity contribution is 5.75. The summed E-state index contributed by atoms with van der Waals surface area (Å²) in [5.74, 6) is -0.338. The predicted octanol–water partition coefficient (Wildman–Crippen LogP) is 3.76. The second-order valence-corrected chi connectivity index (χ2v) is 7.62. The van der Waals surface area contributed by atoms with Gasteiger partial charge in [-0.3, -0.25) is 4.79 Å². The van der Waals surface area contributed by atoms with Gasteiger partial charge in [-0.15, -0.1) is 0 Å². The molecular formula is C23H23N3O3. The van der Waals surface area contributed by atoms with Crippen molar-refractivity contribution in [2.24, 2.45) is 0 Å². The molecule has 6 nitrogen and oxygen atoms in total. The van der Waals surface area contributed by atoms with Gasteiger partial charge < -0.3 is 18.8 Å². The number of aromatic nitrogens is 2. The molecule has 2 unspecified atom stereocenters. The number of hydrogen-bond acceptors (Lipinski definition) is 4. The fourth-order valence-corrected chi connectivity index (χ4v) is 4.24.